The number of amides is 2. The third-order valence-electron chi connectivity index (χ3n) is 15.6. The second-order valence-corrected chi connectivity index (χ2v) is 23.2. The summed E-state index contributed by atoms with van der Waals surface area (Å²) in [6.07, 6.45) is 0. The highest BCUT2D eigenvalue weighted by Crippen LogP contribution is 2.33. The van der Waals surface area contributed by atoms with Crippen LogP contribution in [-0.4, -0.2) is 109 Å². The Hall–Kier alpha value is -9.71. The van der Waals surface area contributed by atoms with Crippen molar-refractivity contribution in [3.8, 4) is 0 Å². The number of methoxy groups -OCH3 is 2. The van der Waals surface area contributed by atoms with E-state index in [0.717, 1.165) is 84.3 Å². The van der Waals surface area contributed by atoms with Crippen LogP contribution in [0.4, 0.5) is 17.5 Å². The minimum atomic E-state index is -0.975. The second kappa shape index (κ2) is 32.2. The number of aromatic nitrogens is 6. The Bertz CT molecular complexity index is 4140. The van der Waals surface area contributed by atoms with Gasteiger partial charge in [0.2, 0.25) is 0 Å². The van der Waals surface area contributed by atoms with Gasteiger partial charge in [-0.15, -0.1) is 12.4 Å². The molecule has 0 spiro atoms. The van der Waals surface area contributed by atoms with Crippen LogP contribution >= 0.6 is 47.2 Å². The van der Waals surface area contributed by atoms with Gasteiger partial charge in [-0.05, 0) is 127 Å². The van der Waals surface area contributed by atoms with E-state index < -0.39 is 11.9 Å². The Kier molecular flexibility index (Phi) is 24.1. The van der Waals surface area contributed by atoms with E-state index in [4.69, 9.17) is 50.4 Å². The molecule has 3 aliphatic rings. The van der Waals surface area contributed by atoms with Crippen LogP contribution in [0.15, 0.2) is 146 Å². The molecule has 26 heteroatoms. The number of aromatic carboxylic acids is 2. The summed E-state index contributed by atoms with van der Waals surface area (Å²) in [5.41, 5.74) is 16.1. The number of esters is 2. The molecule has 0 saturated carbocycles. The lowest BCUT2D eigenvalue weighted by atomic mass is 10.1. The number of benzene rings is 6. The van der Waals surface area contributed by atoms with Gasteiger partial charge in [0.05, 0.1) is 67.6 Å². The SMILES string of the molecule is COC(=O)c1ccc(CN)cc1.COC(=O)c1ccc(CNC(=O)c2c(C)nn3c2N(Cc2ccc(Cl)cc2)CC3)cc1.Cc1nn2c(c1C(=O)NCc1ccc(C(=O)O)cc1)N(Cc1ccc(Cl)cc1)CC2.Cc1nn2c(c1C(=O)O)N(Cc1ccc(Cl)cc1)CC2.Cl. The summed E-state index contributed by atoms with van der Waals surface area (Å²) in [5.74, 6) is -0.611. The van der Waals surface area contributed by atoms with Crippen molar-refractivity contribution in [1.82, 2.24) is 40.0 Å². The molecule has 0 atom stereocenters. The summed E-state index contributed by atoms with van der Waals surface area (Å²) in [7, 11) is 2.71. The molecule has 0 fully saturated rings. The Morgan fingerprint density at radius 2 is 0.713 bits per heavy atom. The summed E-state index contributed by atoms with van der Waals surface area (Å²) < 4.78 is 14.8. The molecule has 22 nitrogen and oxygen atoms in total. The van der Waals surface area contributed by atoms with Crippen LogP contribution < -0.4 is 31.1 Å². The third-order valence-corrected chi connectivity index (χ3v) is 16.3. The first kappa shape index (κ1) is 70.2. The van der Waals surface area contributed by atoms with Crippen molar-refractivity contribution in [2.45, 2.75) is 79.7 Å². The van der Waals surface area contributed by atoms with E-state index in [2.05, 4.69) is 40.5 Å². The zero-order chi connectivity index (χ0) is 66.5. The minimum Gasteiger partial charge on any atom is -0.478 e. The topological polar surface area (TPSA) is 275 Å². The fourth-order valence-electron chi connectivity index (χ4n) is 10.9. The van der Waals surface area contributed by atoms with Crippen molar-refractivity contribution in [3.05, 3.63) is 245 Å². The summed E-state index contributed by atoms with van der Waals surface area (Å²) >= 11 is 17.8. The Balaban J connectivity index is 0.000000168. The molecular weight excluding hydrogens is 1290 g/mol. The Morgan fingerprint density at radius 3 is 1.01 bits per heavy atom. The van der Waals surface area contributed by atoms with E-state index in [0.29, 0.717) is 105 Å². The molecular formula is C68H70Cl4N12O10. The van der Waals surface area contributed by atoms with E-state index >= 15 is 0 Å². The van der Waals surface area contributed by atoms with Crippen LogP contribution in [0.25, 0.3) is 0 Å². The molecule has 2 amide bonds. The van der Waals surface area contributed by atoms with Crippen molar-refractivity contribution in [3.63, 3.8) is 0 Å². The van der Waals surface area contributed by atoms with E-state index in [9.17, 15) is 33.9 Å². The number of rotatable bonds is 17. The standard InChI is InChI=1S/C23H23ClN4O3.C22H21ClN4O3.C14H14ClN3O2.C9H11NO2.ClH/c1-15-20(21(29)25-13-16-3-7-18(8-4-16)23(30)31-2)22-27(11-12-28(22)26-15)14-17-5-9-19(24)10-6-17;1-14-19(20(28)24-12-15-2-6-17(7-3-15)22(29)30)21-26(10-11-27(21)25-14)13-16-4-8-18(23)9-5-16;1-9-12(14(19)20)13-17(6-7-18(13)16-9)8-10-2-4-11(15)5-3-10;1-12-9(11)8-4-2-7(6-10)3-5-8;/h3-10H,11-14H2,1-2H3,(H,25,29);2-9H,10-13H2,1H3,(H,24,28)(H,29,30);2-5H,6-8H2,1H3,(H,19,20);2-5H,6,10H2,1H3;1H. The number of carboxylic acids is 2. The maximum Gasteiger partial charge on any atom is 0.341 e. The van der Waals surface area contributed by atoms with Crippen LogP contribution in [0.2, 0.25) is 15.1 Å². The fraction of sp³-hybridized carbons (Fsp3) is 0.250. The molecule has 9 aromatic rings. The zero-order valence-electron chi connectivity index (χ0n) is 52.1. The van der Waals surface area contributed by atoms with Crippen molar-refractivity contribution in [2.24, 2.45) is 5.73 Å². The number of carbonyl (C=O) groups excluding carboxylic acids is 4. The van der Waals surface area contributed by atoms with Gasteiger partial charge in [0, 0.05) is 74.0 Å². The van der Waals surface area contributed by atoms with Crippen molar-refractivity contribution >= 4 is 100 Å². The number of carbonyl (C=O) groups is 6. The van der Waals surface area contributed by atoms with Gasteiger partial charge in [-0.1, -0.05) is 108 Å². The zero-order valence-corrected chi connectivity index (χ0v) is 55.2. The van der Waals surface area contributed by atoms with E-state index in [1.54, 1.807) is 60.1 Å². The number of fused-ring (bicyclic) bond motifs is 3. The molecule has 0 bridgehead atoms. The van der Waals surface area contributed by atoms with Gasteiger partial charge < -0.3 is 50.8 Å². The number of anilines is 3. The van der Waals surface area contributed by atoms with Gasteiger partial charge in [-0.3, -0.25) is 9.59 Å². The molecule has 0 unspecified atom stereocenters. The highest BCUT2D eigenvalue weighted by atomic mass is 35.5. The first-order valence-corrected chi connectivity index (χ1v) is 30.7. The largest absolute Gasteiger partial charge is 0.478 e. The van der Waals surface area contributed by atoms with Crippen LogP contribution in [0.1, 0.15) is 113 Å². The monoisotopic (exact) mass is 1350 g/mol. The third kappa shape index (κ3) is 17.3. The first-order chi connectivity index (χ1) is 44.7. The van der Waals surface area contributed by atoms with Gasteiger partial charge in [-0.2, -0.15) is 15.3 Å². The molecule has 0 radical (unpaired) electrons. The lowest BCUT2D eigenvalue weighted by Gasteiger charge is -2.19. The lowest BCUT2D eigenvalue weighted by molar-refractivity contribution is 0.0592. The molecule has 3 aromatic heterocycles. The van der Waals surface area contributed by atoms with Crippen LogP contribution in [0, 0.1) is 20.8 Å². The van der Waals surface area contributed by atoms with Crippen LogP contribution in [-0.2, 0) is 68.4 Å². The first-order valence-electron chi connectivity index (χ1n) is 29.6. The van der Waals surface area contributed by atoms with Gasteiger partial charge in [0.25, 0.3) is 11.8 Å². The number of hydrogen-bond donors (Lipinski definition) is 5. The Morgan fingerprint density at radius 1 is 0.426 bits per heavy atom. The quantitative estimate of drug-likeness (QED) is 0.0530. The number of nitrogens with one attached hydrogen (secondary N) is 2. The molecule has 490 valence electrons. The van der Waals surface area contributed by atoms with Crippen LogP contribution in [0.5, 0.6) is 0 Å². The maximum absolute atomic E-state index is 13.0. The summed E-state index contributed by atoms with van der Waals surface area (Å²) in [6, 6.07) is 43.4. The van der Waals surface area contributed by atoms with Gasteiger partial charge in [0.1, 0.15) is 34.1 Å². The van der Waals surface area contributed by atoms with Gasteiger partial charge >= 0.3 is 23.9 Å². The number of nitrogens with zero attached hydrogens (tertiary/aromatic N) is 9. The number of nitrogens with two attached hydrogens (primary N) is 1. The smallest absolute Gasteiger partial charge is 0.341 e. The average molecular weight is 1360 g/mol. The normalized spacial score (nSPS) is 12.3. The Labute approximate surface area is 564 Å². The molecule has 6 heterocycles. The number of aryl methyl sites for hydroxylation is 3. The van der Waals surface area contributed by atoms with Crippen molar-refractivity contribution in [2.75, 3.05) is 48.6 Å². The van der Waals surface area contributed by atoms with E-state index in [1.165, 1.54) is 26.4 Å². The van der Waals surface area contributed by atoms with Gasteiger partial charge in [0.15, 0.2) is 0 Å². The lowest BCUT2D eigenvalue weighted by Crippen LogP contribution is -2.27. The molecule has 94 heavy (non-hydrogen) atoms. The summed E-state index contributed by atoms with van der Waals surface area (Å²) in [4.78, 5) is 77.3. The molecule has 0 aliphatic carbocycles. The fourth-order valence-corrected chi connectivity index (χ4v) is 11.2. The predicted octanol–water partition coefficient (Wildman–Crippen LogP) is 11.0. The number of hydrogen-bond acceptors (Lipinski definition) is 15. The predicted molar refractivity (Wildman–Crippen MR) is 362 cm³/mol. The van der Waals surface area contributed by atoms with Crippen LogP contribution in [0.3, 0.4) is 0 Å². The molecule has 3 aliphatic heterocycles. The average Bonchev–Trinajstić information content (AvgIpc) is 1.64. The molecule has 6 N–H and O–H groups in total. The van der Waals surface area contributed by atoms with E-state index in [1.807, 2.05) is 113 Å². The maximum atomic E-state index is 13.0. The van der Waals surface area contributed by atoms with Crippen molar-refractivity contribution < 1.29 is 48.5 Å². The highest BCUT2D eigenvalue weighted by molar-refractivity contribution is 6.31. The highest BCUT2D eigenvalue weighted by Gasteiger charge is 2.33. The number of ether oxygens (including phenoxy) is 2. The number of carboxylic acid groups (broad SMARTS) is 2. The molecule has 0 saturated heterocycles. The second-order valence-electron chi connectivity index (χ2n) is 21.9. The minimum absolute atomic E-state index is 0. The molecule has 6 aromatic carbocycles. The van der Waals surface area contributed by atoms with Gasteiger partial charge in [-0.25, -0.2) is 33.2 Å². The summed E-state index contributed by atoms with van der Waals surface area (Å²) in [6.45, 7) is 13.1. The van der Waals surface area contributed by atoms with E-state index in [-0.39, 0.29) is 41.7 Å². The number of halogens is 4. The molecule has 12 rings (SSSR count). The van der Waals surface area contributed by atoms with Crippen molar-refractivity contribution in [1.29, 1.82) is 0 Å². The summed E-state index contributed by atoms with van der Waals surface area (Å²) in [5, 5.41) is 39.7.